The van der Waals surface area contributed by atoms with E-state index in [-0.39, 0.29) is 24.7 Å². The predicted octanol–water partition coefficient (Wildman–Crippen LogP) is 2.45. The summed E-state index contributed by atoms with van der Waals surface area (Å²) in [5.74, 6) is -0.856. The monoisotopic (exact) mass is 349 g/mol. The minimum Gasteiger partial charge on any atom is -0.500 e. The van der Waals surface area contributed by atoms with Crippen molar-refractivity contribution in [2.75, 3.05) is 6.61 Å². The van der Waals surface area contributed by atoms with Crippen LogP contribution in [0.15, 0.2) is 34.7 Å². The molecule has 0 saturated carbocycles. The van der Waals surface area contributed by atoms with Crippen molar-refractivity contribution in [2.24, 2.45) is 5.10 Å². The van der Waals surface area contributed by atoms with Crippen molar-refractivity contribution in [3.8, 4) is 11.5 Å². The van der Waals surface area contributed by atoms with Crippen molar-refractivity contribution in [1.82, 2.24) is 5.43 Å². The summed E-state index contributed by atoms with van der Waals surface area (Å²) in [5.41, 5.74) is 2.17. The van der Waals surface area contributed by atoms with Crippen molar-refractivity contribution in [2.45, 2.75) is 13.3 Å². The lowest BCUT2D eigenvalue weighted by atomic mass is 10.2. The molecule has 24 heavy (non-hydrogen) atoms. The average molecular weight is 349 g/mol. The number of benzene rings is 1. The zero-order valence-corrected chi connectivity index (χ0v) is 13.6. The number of hydrogen-bond donors (Lipinski definition) is 2. The van der Waals surface area contributed by atoms with E-state index in [1.54, 1.807) is 6.92 Å². The second-order valence-corrected chi connectivity index (χ2v) is 5.66. The summed E-state index contributed by atoms with van der Waals surface area (Å²) in [6.45, 7) is 1.93. The van der Waals surface area contributed by atoms with E-state index in [2.05, 4.69) is 10.5 Å². The highest BCUT2D eigenvalue weighted by molar-refractivity contribution is 7.10. The summed E-state index contributed by atoms with van der Waals surface area (Å²) in [4.78, 5) is 22.9. The third-order valence-corrected chi connectivity index (χ3v) is 3.77. The fourth-order valence-electron chi connectivity index (χ4n) is 1.88. The van der Waals surface area contributed by atoms with Gasteiger partial charge in [-0.15, -0.1) is 11.3 Å². The molecule has 126 valence electrons. The Balaban J connectivity index is 2.10. The number of aromatic hydroxyl groups is 1. The smallest absolute Gasteiger partial charge is 0.315 e. The molecule has 8 nitrogen and oxygen atoms in total. The summed E-state index contributed by atoms with van der Waals surface area (Å²) >= 11 is 1.46. The second-order valence-electron chi connectivity index (χ2n) is 4.63. The van der Waals surface area contributed by atoms with Crippen LogP contribution in [0.1, 0.15) is 17.4 Å². The fraction of sp³-hybridized carbons (Fsp3) is 0.200. The van der Waals surface area contributed by atoms with Gasteiger partial charge < -0.3 is 9.84 Å². The molecule has 0 aliphatic heterocycles. The predicted molar refractivity (Wildman–Crippen MR) is 89.7 cm³/mol. The first-order chi connectivity index (χ1) is 11.5. The zero-order chi connectivity index (χ0) is 17.5. The van der Waals surface area contributed by atoms with Gasteiger partial charge >= 0.3 is 5.69 Å². The lowest BCUT2D eigenvalue weighted by Gasteiger charge is -2.07. The van der Waals surface area contributed by atoms with Crippen molar-refractivity contribution in [3.05, 3.63) is 50.2 Å². The van der Waals surface area contributed by atoms with Crippen molar-refractivity contribution in [3.63, 3.8) is 0 Å². The van der Waals surface area contributed by atoms with Crippen LogP contribution in [-0.4, -0.2) is 28.8 Å². The van der Waals surface area contributed by atoms with E-state index in [9.17, 15) is 20.0 Å². The number of nitrogens with one attached hydrogen (secondary N) is 1. The number of nitrogens with zero attached hydrogens (tertiary/aromatic N) is 2. The van der Waals surface area contributed by atoms with Crippen LogP contribution in [0.3, 0.4) is 0 Å². The first-order valence-corrected chi connectivity index (χ1v) is 7.87. The Labute approximate surface area is 141 Å². The number of nitro groups is 1. The number of phenolic OH excluding ortho intramolecular Hbond substituents is 1. The van der Waals surface area contributed by atoms with E-state index in [0.29, 0.717) is 5.56 Å². The molecule has 2 N–H and O–H groups in total. The van der Waals surface area contributed by atoms with Gasteiger partial charge in [-0.3, -0.25) is 14.9 Å². The maximum atomic E-state index is 11.7. The van der Waals surface area contributed by atoms with Gasteiger partial charge in [0.2, 0.25) is 11.7 Å². The van der Waals surface area contributed by atoms with Crippen molar-refractivity contribution < 1.29 is 19.6 Å². The molecule has 0 radical (unpaired) electrons. The molecule has 0 aliphatic carbocycles. The number of nitro benzene ring substituents is 1. The molecule has 1 aromatic carbocycles. The third kappa shape index (κ3) is 4.53. The Morgan fingerprint density at radius 1 is 1.54 bits per heavy atom. The number of amides is 1. The van der Waals surface area contributed by atoms with Gasteiger partial charge in [-0.05, 0) is 24.4 Å². The fourth-order valence-corrected chi connectivity index (χ4v) is 2.59. The molecule has 0 unspecified atom stereocenters. The van der Waals surface area contributed by atoms with Gasteiger partial charge in [0.15, 0.2) is 5.75 Å². The molecule has 0 aliphatic rings. The normalized spacial score (nSPS) is 10.7. The van der Waals surface area contributed by atoms with Crippen LogP contribution in [0, 0.1) is 10.1 Å². The van der Waals surface area contributed by atoms with Crippen molar-refractivity contribution in [1.29, 1.82) is 0 Å². The molecule has 2 rings (SSSR count). The first-order valence-electron chi connectivity index (χ1n) is 6.99. The highest BCUT2D eigenvalue weighted by atomic mass is 32.1. The number of thiophene rings is 1. The highest BCUT2D eigenvalue weighted by Crippen LogP contribution is 2.36. The lowest BCUT2D eigenvalue weighted by Crippen LogP contribution is -2.19. The number of carbonyl (C=O) groups excluding carboxylic acids is 1. The van der Waals surface area contributed by atoms with Crippen LogP contribution in [0.5, 0.6) is 11.5 Å². The van der Waals surface area contributed by atoms with Gasteiger partial charge in [-0.1, -0.05) is 6.07 Å². The Hall–Kier alpha value is -2.94. The summed E-state index contributed by atoms with van der Waals surface area (Å²) in [5, 5.41) is 26.4. The molecule has 0 bridgehead atoms. The van der Waals surface area contributed by atoms with E-state index in [1.165, 1.54) is 23.6 Å². The maximum absolute atomic E-state index is 11.7. The summed E-state index contributed by atoms with van der Waals surface area (Å²) in [6.07, 6.45) is 1.45. The Kier molecular flexibility index (Phi) is 5.85. The van der Waals surface area contributed by atoms with Gasteiger partial charge in [-0.25, -0.2) is 5.43 Å². The molecule has 0 spiro atoms. The third-order valence-electron chi connectivity index (χ3n) is 2.89. The molecular formula is C15H15N3O5S. The molecule has 2 aromatic rings. The molecule has 0 saturated heterocycles. The van der Waals surface area contributed by atoms with Crippen LogP contribution >= 0.6 is 11.3 Å². The Morgan fingerprint density at radius 3 is 2.96 bits per heavy atom. The van der Waals surface area contributed by atoms with Gasteiger partial charge in [-0.2, -0.15) is 5.10 Å². The Morgan fingerprint density at radius 2 is 2.33 bits per heavy atom. The summed E-state index contributed by atoms with van der Waals surface area (Å²) in [6, 6.07) is 6.24. The molecule has 1 amide bonds. The largest absolute Gasteiger partial charge is 0.500 e. The SMILES string of the molecule is CCOc1cc(/C=N\NC(=O)Cc2cccs2)cc([N+](=O)[O-])c1O. The van der Waals surface area contributed by atoms with E-state index in [4.69, 9.17) is 4.74 Å². The minimum absolute atomic E-state index is 0.0157. The number of hydrogen-bond acceptors (Lipinski definition) is 7. The van der Waals surface area contributed by atoms with Crippen molar-refractivity contribution >= 4 is 29.1 Å². The van der Waals surface area contributed by atoms with Gasteiger partial charge in [0, 0.05) is 16.5 Å². The lowest BCUT2D eigenvalue weighted by molar-refractivity contribution is -0.386. The summed E-state index contributed by atoms with van der Waals surface area (Å²) in [7, 11) is 0. The zero-order valence-electron chi connectivity index (χ0n) is 12.8. The average Bonchev–Trinajstić information content (AvgIpc) is 3.03. The number of hydrazone groups is 1. The van der Waals surface area contributed by atoms with Crippen LogP contribution in [0.4, 0.5) is 5.69 Å². The van der Waals surface area contributed by atoms with Crippen LogP contribution in [0.2, 0.25) is 0 Å². The van der Waals surface area contributed by atoms with Crippen LogP contribution in [0.25, 0.3) is 0 Å². The standard InChI is InChI=1S/C15H15N3O5S/c1-2-23-13-7-10(6-12(15(13)20)18(21)22)9-16-17-14(19)8-11-4-3-5-24-11/h3-7,9,20H,2,8H2,1H3,(H,17,19)/b16-9-. The topological polar surface area (TPSA) is 114 Å². The van der Waals surface area contributed by atoms with Crippen LogP contribution < -0.4 is 10.2 Å². The quantitative estimate of drug-likeness (QED) is 0.453. The maximum Gasteiger partial charge on any atom is 0.315 e. The van der Waals surface area contributed by atoms with Gasteiger partial charge in [0.25, 0.3) is 0 Å². The van der Waals surface area contributed by atoms with E-state index < -0.39 is 16.4 Å². The molecule has 1 heterocycles. The number of ether oxygens (including phenoxy) is 1. The van der Waals surface area contributed by atoms with Crippen LogP contribution in [-0.2, 0) is 11.2 Å². The minimum atomic E-state index is -0.718. The molecule has 0 atom stereocenters. The second kappa shape index (κ2) is 8.06. The molecule has 9 heteroatoms. The van der Waals surface area contributed by atoms with Gasteiger partial charge in [0.05, 0.1) is 24.2 Å². The molecular weight excluding hydrogens is 334 g/mol. The molecule has 1 aromatic heterocycles. The Bertz CT molecular complexity index is 759. The highest BCUT2D eigenvalue weighted by Gasteiger charge is 2.19. The molecule has 0 fully saturated rings. The number of rotatable bonds is 7. The summed E-state index contributed by atoms with van der Waals surface area (Å²) < 4.78 is 5.16. The van der Waals surface area contributed by atoms with Gasteiger partial charge in [0.1, 0.15) is 0 Å². The van der Waals surface area contributed by atoms with E-state index in [1.807, 2.05) is 17.5 Å². The first kappa shape index (κ1) is 17.4. The number of carbonyl (C=O) groups is 1. The number of phenols is 1. The van der Waals surface area contributed by atoms with E-state index in [0.717, 1.165) is 10.9 Å². The van der Waals surface area contributed by atoms with E-state index >= 15 is 0 Å².